The summed E-state index contributed by atoms with van der Waals surface area (Å²) < 4.78 is 43.2. The van der Waals surface area contributed by atoms with Crippen LogP contribution in [-0.4, -0.2) is 41.2 Å². The van der Waals surface area contributed by atoms with Crippen molar-refractivity contribution in [2.75, 3.05) is 26.1 Å². The largest absolute Gasteiger partial charge is 0.495 e. The Hall–Kier alpha value is -2.20. The van der Waals surface area contributed by atoms with Gasteiger partial charge in [-0.05, 0) is 32.0 Å². The van der Waals surface area contributed by atoms with E-state index in [-0.39, 0.29) is 15.6 Å². The van der Waals surface area contributed by atoms with Crippen molar-refractivity contribution in [3.63, 3.8) is 0 Å². The van der Waals surface area contributed by atoms with E-state index in [4.69, 9.17) is 37.4 Å². The highest BCUT2D eigenvalue weighted by molar-refractivity contribution is 7.89. The summed E-state index contributed by atoms with van der Waals surface area (Å²) in [5.74, 6) is 0.374. The van der Waals surface area contributed by atoms with E-state index < -0.39 is 22.0 Å². The molecule has 0 saturated carbocycles. The number of nitrogens with one attached hydrogen (secondary N) is 2. The molecule has 30 heavy (non-hydrogen) atoms. The molecule has 0 aliphatic rings. The van der Waals surface area contributed by atoms with Crippen LogP contribution in [0.2, 0.25) is 10.0 Å². The van der Waals surface area contributed by atoms with Gasteiger partial charge in [-0.15, -0.1) is 0 Å². The van der Waals surface area contributed by atoms with Gasteiger partial charge in [-0.1, -0.05) is 23.2 Å². The Morgan fingerprint density at radius 1 is 1.03 bits per heavy atom. The highest BCUT2D eigenvalue weighted by Crippen LogP contribution is 2.36. The number of anilines is 1. The average molecular weight is 477 g/mol. The zero-order chi connectivity index (χ0) is 22.5. The molecule has 0 unspecified atom stereocenters. The monoisotopic (exact) mass is 476 g/mol. The molecular weight excluding hydrogens is 455 g/mol. The molecule has 164 valence electrons. The first kappa shape index (κ1) is 24.1. The summed E-state index contributed by atoms with van der Waals surface area (Å²) in [7, 11) is -1.17. The van der Waals surface area contributed by atoms with Crippen LogP contribution in [0, 0.1) is 0 Å². The van der Waals surface area contributed by atoms with E-state index in [1.165, 1.54) is 51.5 Å². The van der Waals surface area contributed by atoms with Crippen molar-refractivity contribution in [3.05, 3.63) is 40.4 Å². The first-order valence-corrected chi connectivity index (χ1v) is 11.0. The van der Waals surface area contributed by atoms with E-state index in [0.717, 1.165) is 0 Å². The van der Waals surface area contributed by atoms with Gasteiger partial charge in [0.2, 0.25) is 15.9 Å². The summed E-state index contributed by atoms with van der Waals surface area (Å²) in [6.45, 7) is 3.58. The van der Waals surface area contributed by atoms with Crippen LogP contribution in [0.5, 0.6) is 17.2 Å². The molecule has 0 fully saturated rings. The molecule has 8 nitrogen and oxygen atoms in total. The molecule has 2 aromatic rings. The number of methoxy groups -OCH3 is 2. The smallest absolute Gasteiger partial charge is 0.242 e. The maximum atomic E-state index is 12.6. The van der Waals surface area contributed by atoms with Crippen molar-refractivity contribution < 1.29 is 27.4 Å². The van der Waals surface area contributed by atoms with Gasteiger partial charge in [0.15, 0.2) is 0 Å². The minimum absolute atomic E-state index is 0.0960. The van der Waals surface area contributed by atoms with Gasteiger partial charge in [-0.2, -0.15) is 4.72 Å². The van der Waals surface area contributed by atoms with Crippen LogP contribution >= 0.6 is 23.2 Å². The van der Waals surface area contributed by atoms with Crippen molar-refractivity contribution in [1.29, 1.82) is 0 Å². The third-order valence-electron chi connectivity index (χ3n) is 3.97. The fourth-order valence-corrected chi connectivity index (χ4v) is 4.23. The second-order valence-corrected chi connectivity index (χ2v) is 8.57. The Labute approximate surface area is 185 Å². The maximum absolute atomic E-state index is 12.6. The van der Waals surface area contributed by atoms with Gasteiger partial charge in [0.1, 0.15) is 17.2 Å². The summed E-state index contributed by atoms with van der Waals surface area (Å²) in [5, 5.41) is 3.05. The highest BCUT2D eigenvalue weighted by Gasteiger charge is 2.24. The number of carbonyl (C=O) groups is 1. The number of sulfonamides is 1. The summed E-state index contributed by atoms with van der Waals surface area (Å²) in [6.07, 6.45) is 0. The van der Waals surface area contributed by atoms with Gasteiger partial charge in [0.25, 0.3) is 0 Å². The Bertz CT molecular complexity index is 1030. The number of hydrogen-bond acceptors (Lipinski definition) is 6. The second-order valence-electron chi connectivity index (χ2n) is 6.04. The van der Waals surface area contributed by atoms with Gasteiger partial charge < -0.3 is 19.5 Å². The summed E-state index contributed by atoms with van der Waals surface area (Å²) in [5.41, 5.74) is 0.277. The molecule has 0 radical (unpaired) electrons. The topological polar surface area (TPSA) is 103 Å². The number of carbonyl (C=O) groups excluding carboxylic acids is 1. The molecule has 2 rings (SSSR count). The van der Waals surface area contributed by atoms with Gasteiger partial charge in [0, 0.05) is 12.1 Å². The van der Waals surface area contributed by atoms with E-state index in [1.54, 1.807) is 6.92 Å². The Balaban J connectivity index is 2.18. The molecule has 0 bridgehead atoms. The molecule has 0 aliphatic carbocycles. The van der Waals surface area contributed by atoms with Crippen LogP contribution in [-0.2, 0) is 14.8 Å². The van der Waals surface area contributed by atoms with Gasteiger partial charge in [-0.25, -0.2) is 8.42 Å². The van der Waals surface area contributed by atoms with Gasteiger partial charge >= 0.3 is 0 Å². The Morgan fingerprint density at radius 3 is 2.23 bits per heavy atom. The standard InChI is InChI=1S/C19H22Cl2N2O6S/c1-5-29-16-7-6-12(8-13(16)20)30(25,26)23-11(2)19(24)22-15-10-17(27-3)14(21)9-18(15)28-4/h6-11,23H,5H2,1-4H3,(H,22,24)/t11-/m0/s1. The number of rotatable bonds is 9. The molecule has 0 aromatic heterocycles. The van der Waals surface area contributed by atoms with Crippen LogP contribution < -0.4 is 24.2 Å². The van der Waals surface area contributed by atoms with E-state index in [9.17, 15) is 13.2 Å². The maximum Gasteiger partial charge on any atom is 0.242 e. The van der Waals surface area contributed by atoms with Crippen LogP contribution in [0.25, 0.3) is 0 Å². The third-order valence-corrected chi connectivity index (χ3v) is 6.10. The van der Waals surface area contributed by atoms with E-state index >= 15 is 0 Å². The predicted molar refractivity (Wildman–Crippen MR) is 116 cm³/mol. The fourth-order valence-electron chi connectivity index (χ4n) is 2.47. The van der Waals surface area contributed by atoms with Crippen LogP contribution in [0.4, 0.5) is 5.69 Å². The molecule has 1 atom stereocenters. The lowest BCUT2D eigenvalue weighted by molar-refractivity contribution is -0.117. The fraction of sp³-hybridized carbons (Fsp3) is 0.316. The lowest BCUT2D eigenvalue weighted by Gasteiger charge is -2.17. The number of hydrogen-bond donors (Lipinski definition) is 2. The zero-order valence-electron chi connectivity index (χ0n) is 16.8. The first-order chi connectivity index (χ1) is 14.1. The SMILES string of the molecule is CCOc1ccc(S(=O)(=O)N[C@@H](C)C(=O)Nc2cc(OC)c(Cl)cc2OC)cc1Cl. The summed E-state index contributed by atoms with van der Waals surface area (Å²) >= 11 is 12.1. The summed E-state index contributed by atoms with van der Waals surface area (Å²) in [4.78, 5) is 12.5. The molecule has 11 heteroatoms. The molecule has 2 N–H and O–H groups in total. The lowest BCUT2D eigenvalue weighted by Crippen LogP contribution is -2.41. The quantitative estimate of drug-likeness (QED) is 0.571. The molecule has 0 saturated heterocycles. The Kier molecular flexibility index (Phi) is 8.19. The predicted octanol–water partition coefficient (Wildman–Crippen LogP) is 3.71. The molecule has 0 aliphatic heterocycles. The second kappa shape index (κ2) is 10.2. The molecule has 0 spiro atoms. The molecule has 0 heterocycles. The van der Waals surface area contributed by atoms with Gasteiger partial charge in [-0.3, -0.25) is 4.79 Å². The average Bonchev–Trinajstić information content (AvgIpc) is 2.70. The minimum atomic E-state index is -4.01. The van der Waals surface area contributed by atoms with Crippen molar-refractivity contribution in [2.45, 2.75) is 24.8 Å². The van der Waals surface area contributed by atoms with Crippen molar-refractivity contribution in [1.82, 2.24) is 4.72 Å². The Morgan fingerprint density at radius 2 is 1.67 bits per heavy atom. The van der Waals surface area contributed by atoms with E-state index in [2.05, 4.69) is 10.0 Å². The number of ether oxygens (including phenoxy) is 3. The van der Waals surface area contributed by atoms with Crippen LogP contribution in [0.3, 0.4) is 0 Å². The molecule has 1 amide bonds. The molecule has 2 aromatic carbocycles. The van der Waals surface area contributed by atoms with Crippen molar-refractivity contribution in [3.8, 4) is 17.2 Å². The normalized spacial score (nSPS) is 12.2. The van der Waals surface area contributed by atoms with E-state index in [0.29, 0.717) is 28.9 Å². The van der Waals surface area contributed by atoms with Crippen LogP contribution in [0.15, 0.2) is 35.2 Å². The highest BCUT2D eigenvalue weighted by atomic mass is 35.5. The number of halogens is 2. The first-order valence-electron chi connectivity index (χ1n) is 8.80. The third kappa shape index (κ3) is 5.69. The number of benzene rings is 2. The number of amides is 1. The summed E-state index contributed by atoms with van der Waals surface area (Å²) in [6, 6.07) is 5.91. The zero-order valence-corrected chi connectivity index (χ0v) is 19.1. The van der Waals surface area contributed by atoms with E-state index in [1.807, 2.05) is 0 Å². The molecular formula is C19H22Cl2N2O6S. The minimum Gasteiger partial charge on any atom is -0.495 e. The van der Waals surface area contributed by atoms with Crippen molar-refractivity contribution in [2.24, 2.45) is 0 Å². The van der Waals surface area contributed by atoms with Crippen LogP contribution in [0.1, 0.15) is 13.8 Å². The van der Waals surface area contributed by atoms with Crippen molar-refractivity contribution >= 4 is 44.8 Å². The lowest BCUT2D eigenvalue weighted by atomic mass is 10.2. The van der Waals surface area contributed by atoms with Gasteiger partial charge in [0.05, 0.1) is 47.5 Å².